The van der Waals surface area contributed by atoms with Crippen LogP contribution in [0.4, 0.5) is 0 Å². The van der Waals surface area contributed by atoms with Crippen LogP contribution < -0.4 is 9.47 Å². The number of ether oxygens (including phenoxy) is 2. The van der Waals surface area contributed by atoms with Gasteiger partial charge >= 0.3 is 0 Å². The quantitative estimate of drug-likeness (QED) is 0.746. The van der Waals surface area contributed by atoms with E-state index < -0.39 is 10.0 Å². The highest BCUT2D eigenvalue weighted by Gasteiger charge is 2.36. The van der Waals surface area contributed by atoms with Crippen LogP contribution in [0, 0.1) is 0 Å². The van der Waals surface area contributed by atoms with Gasteiger partial charge in [-0.1, -0.05) is 6.92 Å². The zero-order valence-electron chi connectivity index (χ0n) is 15.5. The van der Waals surface area contributed by atoms with E-state index in [4.69, 9.17) is 9.47 Å². The number of sulfonamides is 1. The van der Waals surface area contributed by atoms with E-state index in [1.54, 1.807) is 12.1 Å². The second-order valence-electron chi connectivity index (χ2n) is 6.20. The lowest BCUT2D eigenvalue weighted by Crippen LogP contribution is -2.53. The van der Waals surface area contributed by atoms with E-state index >= 15 is 0 Å². The molecule has 2 aliphatic heterocycles. The molecule has 1 fully saturated rings. The van der Waals surface area contributed by atoms with Crippen LogP contribution in [0.1, 0.15) is 6.92 Å². The van der Waals surface area contributed by atoms with Crippen molar-refractivity contribution in [2.75, 3.05) is 60.0 Å². The lowest BCUT2D eigenvalue weighted by atomic mass is 10.3. The van der Waals surface area contributed by atoms with Gasteiger partial charge in [-0.2, -0.15) is 0 Å². The summed E-state index contributed by atoms with van der Waals surface area (Å²) in [4.78, 5) is 8.98. The van der Waals surface area contributed by atoms with Gasteiger partial charge in [0.2, 0.25) is 5.96 Å². The summed E-state index contributed by atoms with van der Waals surface area (Å²) in [7, 11) is -0.819. The number of nitrogens with zero attached hydrogens (tertiary/aromatic N) is 4. The molecular formula is C17H26N4O4S. The summed E-state index contributed by atoms with van der Waals surface area (Å²) >= 11 is 0. The molecule has 2 heterocycles. The number of rotatable bonds is 5. The first-order chi connectivity index (χ1) is 12.5. The molecule has 0 saturated carbocycles. The number of guanidine groups is 1. The van der Waals surface area contributed by atoms with Crippen molar-refractivity contribution in [1.29, 1.82) is 0 Å². The van der Waals surface area contributed by atoms with Crippen molar-refractivity contribution in [3.63, 3.8) is 0 Å². The summed E-state index contributed by atoms with van der Waals surface area (Å²) in [5, 5.41) is 0. The van der Waals surface area contributed by atoms with Crippen LogP contribution in [0.15, 0.2) is 28.1 Å². The largest absolute Gasteiger partial charge is 0.497 e. The number of likely N-dealkylation sites (N-methyl/N-ethyl adjacent to an activating group) is 1. The van der Waals surface area contributed by atoms with Crippen molar-refractivity contribution < 1.29 is 17.9 Å². The van der Waals surface area contributed by atoms with Crippen molar-refractivity contribution in [3.8, 4) is 11.5 Å². The summed E-state index contributed by atoms with van der Waals surface area (Å²) in [6, 6.07) is 4.79. The minimum absolute atomic E-state index is 0.0983. The topological polar surface area (TPSA) is 74.7 Å². The first-order valence-corrected chi connectivity index (χ1v) is 10.2. The maximum absolute atomic E-state index is 13.3. The van der Waals surface area contributed by atoms with Crippen LogP contribution in [0.5, 0.6) is 11.5 Å². The first kappa shape index (κ1) is 18.8. The van der Waals surface area contributed by atoms with Crippen LogP contribution in [-0.2, 0) is 10.0 Å². The van der Waals surface area contributed by atoms with Crippen LogP contribution >= 0.6 is 0 Å². The van der Waals surface area contributed by atoms with Crippen molar-refractivity contribution in [2.45, 2.75) is 11.8 Å². The van der Waals surface area contributed by atoms with Crippen molar-refractivity contribution in [1.82, 2.24) is 14.1 Å². The fourth-order valence-corrected chi connectivity index (χ4v) is 4.89. The predicted octanol–water partition coefficient (Wildman–Crippen LogP) is 0.702. The molecule has 0 unspecified atom stereocenters. The SMILES string of the molecule is CCN1CCN(C2=NCCN2S(=O)(=O)c2cc(OC)ccc2OC)CC1. The average Bonchev–Trinajstić information content (AvgIpc) is 3.18. The number of benzene rings is 1. The van der Waals surface area contributed by atoms with Crippen molar-refractivity contribution in [3.05, 3.63) is 18.2 Å². The Morgan fingerprint density at radius 2 is 1.81 bits per heavy atom. The van der Waals surface area contributed by atoms with Gasteiger partial charge in [-0.25, -0.2) is 12.7 Å². The first-order valence-electron chi connectivity index (χ1n) is 8.77. The summed E-state index contributed by atoms with van der Waals surface area (Å²) < 4.78 is 38.5. The minimum atomic E-state index is -3.79. The zero-order chi connectivity index (χ0) is 18.7. The zero-order valence-corrected chi connectivity index (χ0v) is 16.3. The van der Waals surface area contributed by atoms with E-state index in [1.165, 1.54) is 24.6 Å². The van der Waals surface area contributed by atoms with E-state index in [9.17, 15) is 8.42 Å². The van der Waals surface area contributed by atoms with Gasteiger partial charge in [0.25, 0.3) is 10.0 Å². The van der Waals surface area contributed by atoms with E-state index in [0.29, 0.717) is 30.5 Å². The van der Waals surface area contributed by atoms with Gasteiger partial charge in [-0.15, -0.1) is 0 Å². The standard InChI is InChI=1S/C17H26N4O4S/c1-4-19-9-11-20(12-10-19)17-18-7-8-21(17)26(22,23)16-13-14(24-2)5-6-15(16)25-3/h5-6,13H,4,7-12H2,1-3H3. The molecule has 1 aromatic rings. The number of hydrogen-bond donors (Lipinski definition) is 0. The van der Waals surface area contributed by atoms with Gasteiger partial charge in [0.05, 0.1) is 27.3 Å². The molecule has 0 aliphatic carbocycles. The van der Waals surface area contributed by atoms with Gasteiger partial charge < -0.3 is 19.3 Å². The maximum atomic E-state index is 13.3. The van der Waals surface area contributed by atoms with Crippen LogP contribution in [0.3, 0.4) is 0 Å². The third kappa shape index (κ3) is 3.45. The third-order valence-electron chi connectivity index (χ3n) is 4.82. The monoisotopic (exact) mass is 382 g/mol. The summed E-state index contributed by atoms with van der Waals surface area (Å²) in [6.07, 6.45) is 0. The Morgan fingerprint density at radius 1 is 1.08 bits per heavy atom. The molecule has 0 N–H and O–H groups in total. The number of hydrogen-bond acceptors (Lipinski definition) is 7. The molecule has 1 saturated heterocycles. The van der Waals surface area contributed by atoms with Gasteiger partial charge in [-0.05, 0) is 18.7 Å². The molecule has 0 bridgehead atoms. The van der Waals surface area contributed by atoms with Crippen LogP contribution in [-0.4, -0.2) is 88.5 Å². The molecule has 0 amide bonds. The molecule has 26 heavy (non-hydrogen) atoms. The Balaban J connectivity index is 1.89. The van der Waals surface area contributed by atoms with E-state index in [1.807, 2.05) is 0 Å². The fraction of sp³-hybridized carbons (Fsp3) is 0.588. The van der Waals surface area contributed by atoms with Crippen LogP contribution in [0.25, 0.3) is 0 Å². The van der Waals surface area contributed by atoms with Crippen molar-refractivity contribution >= 4 is 16.0 Å². The Bertz CT molecular complexity index is 773. The van der Waals surface area contributed by atoms with Gasteiger partial charge in [0, 0.05) is 32.2 Å². The number of aliphatic imine (C=N–C) groups is 1. The predicted molar refractivity (Wildman–Crippen MR) is 99.4 cm³/mol. The smallest absolute Gasteiger partial charge is 0.270 e. The van der Waals surface area contributed by atoms with E-state index in [2.05, 4.69) is 21.7 Å². The Hall–Kier alpha value is -2.00. The normalized spacial score (nSPS) is 18.8. The van der Waals surface area contributed by atoms with Crippen LogP contribution in [0.2, 0.25) is 0 Å². The second-order valence-corrected chi connectivity index (χ2v) is 8.03. The minimum Gasteiger partial charge on any atom is -0.497 e. The molecular weight excluding hydrogens is 356 g/mol. The number of methoxy groups -OCH3 is 2. The second kappa shape index (κ2) is 7.71. The lowest BCUT2D eigenvalue weighted by Gasteiger charge is -2.37. The van der Waals surface area contributed by atoms with Crippen molar-refractivity contribution in [2.24, 2.45) is 4.99 Å². The molecule has 8 nitrogen and oxygen atoms in total. The van der Waals surface area contributed by atoms with E-state index in [0.717, 1.165) is 32.7 Å². The fourth-order valence-electron chi connectivity index (χ4n) is 3.27. The molecule has 0 spiro atoms. The summed E-state index contributed by atoms with van der Waals surface area (Å²) in [6.45, 7) is 7.30. The Labute approximate surface area is 155 Å². The van der Waals surface area contributed by atoms with Gasteiger partial charge in [0.1, 0.15) is 16.4 Å². The highest BCUT2D eigenvalue weighted by atomic mass is 32.2. The Kier molecular flexibility index (Phi) is 5.57. The summed E-state index contributed by atoms with van der Waals surface area (Å²) in [5.74, 6) is 1.30. The highest BCUT2D eigenvalue weighted by molar-refractivity contribution is 7.89. The molecule has 3 rings (SSSR count). The molecule has 2 aliphatic rings. The lowest BCUT2D eigenvalue weighted by molar-refractivity contribution is 0.184. The molecule has 0 radical (unpaired) electrons. The molecule has 0 atom stereocenters. The van der Waals surface area contributed by atoms with Gasteiger partial charge in [0.15, 0.2) is 0 Å². The molecule has 1 aromatic carbocycles. The molecule has 9 heteroatoms. The molecule has 144 valence electrons. The Morgan fingerprint density at radius 3 is 2.42 bits per heavy atom. The van der Waals surface area contributed by atoms with Gasteiger partial charge in [-0.3, -0.25) is 4.99 Å². The number of piperazine rings is 1. The molecule has 0 aromatic heterocycles. The average molecular weight is 382 g/mol. The summed E-state index contributed by atoms with van der Waals surface area (Å²) in [5.41, 5.74) is 0. The maximum Gasteiger partial charge on any atom is 0.270 e. The third-order valence-corrected chi connectivity index (χ3v) is 6.62. The highest BCUT2D eigenvalue weighted by Crippen LogP contribution is 2.32. The van der Waals surface area contributed by atoms with E-state index in [-0.39, 0.29) is 4.90 Å².